The van der Waals surface area contributed by atoms with Gasteiger partial charge in [0.05, 0.1) is 0 Å². The van der Waals surface area contributed by atoms with E-state index < -0.39 is 12.4 Å². The van der Waals surface area contributed by atoms with E-state index in [1.807, 2.05) is 0 Å². The highest BCUT2D eigenvalue weighted by molar-refractivity contribution is 5.73. The fraction of sp³-hybridized carbons (Fsp3) is 0.500. The minimum atomic E-state index is -4.77. The highest BCUT2D eigenvalue weighted by Gasteiger charge is 2.36. The Balaban J connectivity index is 1.79. The molecule has 1 saturated carbocycles. The van der Waals surface area contributed by atoms with Crippen LogP contribution in [0.3, 0.4) is 0 Å². The molecule has 0 radical (unpaired) electrons. The Morgan fingerprint density at radius 1 is 1.27 bits per heavy atom. The average molecular weight is 318 g/mol. The smallest absolute Gasteiger partial charge is 0.405 e. The van der Waals surface area contributed by atoms with E-state index in [0.29, 0.717) is 6.54 Å². The lowest BCUT2D eigenvalue weighted by Crippen LogP contribution is -2.36. The van der Waals surface area contributed by atoms with Crippen LogP contribution in [0.1, 0.15) is 12.0 Å². The van der Waals surface area contributed by atoms with Crippen molar-refractivity contribution in [3.8, 4) is 5.75 Å². The molecule has 0 saturated heterocycles. The molecule has 1 aromatic carbocycles. The molecule has 1 aliphatic carbocycles. The number of aliphatic hydroxyl groups is 1. The molecule has 0 spiro atoms. The molecule has 22 heavy (non-hydrogen) atoms. The lowest BCUT2D eigenvalue weighted by Gasteiger charge is -2.14. The summed E-state index contributed by atoms with van der Waals surface area (Å²) in [6.07, 6.45) is -3.90. The summed E-state index contributed by atoms with van der Waals surface area (Å²) < 4.78 is 40.7. The van der Waals surface area contributed by atoms with Gasteiger partial charge in [-0.1, -0.05) is 18.2 Å². The third-order valence-electron chi connectivity index (χ3n) is 3.47. The van der Waals surface area contributed by atoms with E-state index in [1.165, 1.54) is 18.2 Å². The molecule has 0 bridgehead atoms. The Kier molecular flexibility index (Phi) is 5.12. The van der Waals surface area contributed by atoms with E-state index in [4.69, 9.17) is 5.11 Å². The van der Waals surface area contributed by atoms with Crippen LogP contribution in [-0.4, -0.2) is 30.7 Å². The number of hydrogen-bond acceptors (Lipinski definition) is 3. The minimum absolute atomic E-state index is 0.0772. The van der Waals surface area contributed by atoms with Crippen molar-refractivity contribution in [3.05, 3.63) is 29.8 Å². The normalized spacial score (nSPS) is 20.4. The first-order valence-electron chi connectivity index (χ1n) is 6.85. The number of hydrogen-bond donors (Lipinski definition) is 3. The van der Waals surface area contributed by atoms with Crippen LogP contribution in [0.5, 0.6) is 5.75 Å². The molecule has 2 rings (SSSR count). The van der Waals surface area contributed by atoms with Crippen molar-refractivity contribution in [2.75, 3.05) is 13.2 Å². The van der Waals surface area contributed by atoms with Gasteiger partial charge in [-0.25, -0.2) is 4.79 Å². The standard InChI is InChI=1S/C14H17F3N2O3/c15-14(16,17)22-12-4-2-1-3-9(12)6-18-13(21)19-7-10-5-11(10)8-20/h1-4,10-11,20H,5-8H2,(H2,18,19,21)/t10-,11-/m0/s1. The minimum Gasteiger partial charge on any atom is -0.405 e. The maximum atomic E-state index is 12.3. The lowest BCUT2D eigenvalue weighted by molar-refractivity contribution is -0.274. The van der Waals surface area contributed by atoms with Gasteiger partial charge in [-0.15, -0.1) is 13.2 Å². The maximum Gasteiger partial charge on any atom is 0.573 e. The molecule has 1 aliphatic rings. The second-order valence-electron chi connectivity index (χ2n) is 5.16. The fourth-order valence-corrected chi connectivity index (χ4v) is 2.12. The second-order valence-corrected chi connectivity index (χ2v) is 5.16. The van der Waals surface area contributed by atoms with Crippen molar-refractivity contribution in [1.82, 2.24) is 10.6 Å². The van der Waals surface area contributed by atoms with Gasteiger partial charge in [0.1, 0.15) is 5.75 Å². The number of nitrogens with one attached hydrogen (secondary N) is 2. The quantitative estimate of drug-likeness (QED) is 0.751. The van der Waals surface area contributed by atoms with Crippen molar-refractivity contribution in [2.45, 2.75) is 19.3 Å². The van der Waals surface area contributed by atoms with Gasteiger partial charge in [0, 0.05) is 25.3 Å². The van der Waals surface area contributed by atoms with Gasteiger partial charge in [-0.05, 0) is 24.3 Å². The highest BCUT2D eigenvalue weighted by Crippen LogP contribution is 2.36. The van der Waals surface area contributed by atoms with E-state index in [0.717, 1.165) is 6.42 Å². The summed E-state index contributed by atoms with van der Waals surface area (Å²) in [4.78, 5) is 11.6. The highest BCUT2D eigenvalue weighted by atomic mass is 19.4. The van der Waals surface area contributed by atoms with Crippen LogP contribution in [-0.2, 0) is 6.54 Å². The topological polar surface area (TPSA) is 70.6 Å². The third kappa shape index (κ3) is 5.10. The van der Waals surface area contributed by atoms with Crippen LogP contribution in [0.2, 0.25) is 0 Å². The zero-order valence-corrected chi connectivity index (χ0v) is 11.7. The largest absolute Gasteiger partial charge is 0.573 e. The molecule has 2 atom stereocenters. The van der Waals surface area contributed by atoms with E-state index in [1.54, 1.807) is 6.07 Å². The molecule has 1 fully saturated rings. The Bertz CT molecular complexity index is 522. The van der Waals surface area contributed by atoms with Gasteiger partial charge in [0.15, 0.2) is 0 Å². The summed E-state index contributed by atoms with van der Waals surface area (Å²) >= 11 is 0. The summed E-state index contributed by atoms with van der Waals surface area (Å²) in [5.74, 6) is 0.177. The fourth-order valence-electron chi connectivity index (χ4n) is 2.12. The first-order valence-corrected chi connectivity index (χ1v) is 6.85. The number of alkyl halides is 3. The van der Waals surface area contributed by atoms with Crippen molar-refractivity contribution in [2.24, 2.45) is 11.8 Å². The molecule has 122 valence electrons. The number of ether oxygens (including phenoxy) is 1. The number of amides is 2. The molecule has 1 aromatic rings. The summed E-state index contributed by atoms with van der Waals surface area (Å²) in [7, 11) is 0. The first-order chi connectivity index (χ1) is 10.4. The van der Waals surface area contributed by atoms with Crippen molar-refractivity contribution >= 4 is 6.03 Å². The summed E-state index contributed by atoms with van der Waals surface area (Å²) in [6, 6.07) is 5.16. The molecular formula is C14H17F3N2O3. The number of benzene rings is 1. The second kappa shape index (κ2) is 6.87. The zero-order valence-electron chi connectivity index (χ0n) is 11.7. The van der Waals surface area contributed by atoms with Gasteiger partial charge < -0.3 is 20.5 Å². The summed E-state index contributed by atoms with van der Waals surface area (Å²) in [5, 5.41) is 14.0. The van der Waals surface area contributed by atoms with Crippen LogP contribution in [0.4, 0.5) is 18.0 Å². The number of urea groups is 1. The van der Waals surface area contributed by atoms with Crippen molar-refractivity contribution < 1.29 is 27.8 Å². The van der Waals surface area contributed by atoms with Gasteiger partial charge in [0.25, 0.3) is 0 Å². The van der Waals surface area contributed by atoms with Gasteiger partial charge >= 0.3 is 12.4 Å². The van der Waals surface area contributed by atoms with Crippen molar-refractivity contribution in [3.63, 3.8) is 0 Å². The summed E-state index contributed by atoms with van der Waals surface area (Å²) in [6.45, 7) is 0.472. The number of halogens is 3. The molecule has 0 aliphatic heterocycles. The number of carbonyl (C=O) groups is 1. The van der Waals surface area contributed by atoms with E-state index in [9.17, 15) is 18.0 Å². The Labute approximate surface area is 125 Å². The predicted octanol–water partition coefficient (Wildman–Crippen LogP) is 2.01. The average Bonchev–Trinajstić information content (AvgIpc) is 3.21. The molecule has 2 amide bonds. The van der Waals surface area contributed by atoms with E-state index in [-0.39, 0.29) is 36.3 Å². The van der Waals surface area contributed by atoms with Crippen LogP contribution in [0, 0.1) is 11.8 Å². The Morgan fingerprint density at radius 3 is 2.64 bits per heavy atom. The molecule has 5 nitrogen and oxygen atoms in total. The first kappa shape index (κ1) is 16.4. The number of carbonyl (C=O) groups excluding carboxylic acids is 1. The lowest BCUT2D eigenvalue weighted by atomic mass is 10.2. The maximum absolute atomic E-state index is 12.3. The molecule has 0 unspecified atom stereocenters. The van der Waals surface area contributed by atoms with E-state index >= 15 is 0 Å². The SMILES string of the molecule is O=C(NCc1ccccc1OC(F)(F)F)NC[C@@H]1C[C@H]1CO. The van der Waals surface area contributed by atoms with Crippen molar-refractivity contribution in [1.29, 1.82) is 0 Å². The number of aliphatic hydroxyl groups excluding tert-OH is 1. The molecule has 3 N–H and O–H groups in total. The monoisotopic (exact) mass is 318 g/mol. The number of para-hydroxylation sites is 1. The third-order valence-corrected chi connectivity index (χ3v) is 3.47. The molecule has 0 heterocycles. The van der Waals surface area contributed by atoms with E-state index in [2.05, 4.69) is 15.4 Å². The predicted molar refractivity (Wildman–Crippen MR) is 72.0 cm³/mol. The molecule has 8 heteroatoms. The van der Waals surface area contributed by atoms with Gasteiger partial charge in [-0.3, -0.25) is 0 Å². The van der Waals surface area contributed by atoms with Crippen LogP contribution < -0.4 is 15.4 Å². The molecular weight excluding hydrogens is 301 g/mol. The number of rotatable bonds is 6. The zero-order chi connectivity index (χ0) is 16.2. The molecule has 0 aromatic heterocycles. The van der Waals surface area contributed by atoms with Crippen LogP contribution in [0.25, 0.3) is 0 Å². The van der Waals surface area contributed by atoms with Crippen LogP contribution in [0.15, 0.2) is 24.3 Å². The Hall–Kier alpha value is -1.96. The summed E-state index contributed by atoms with van der Waals surface area (Å²) in [5.41, 5.74) is 0.231. The Morgan fingerprint density at radius 2 is 2.00 bits per heavy atom. The van der Waals surface area contributed by atoms with Crippen LogP contribution >= 0.6 is 0 Å². The van der Waals surface area contributed by atoms with Gasteiger partial charge in [0.2, 0.25) is 0 Å². The van der Waals surface area contributed by atoms with Gasteiger partial charge in [-0.2, -0.15) is 0 Å².